The highest BCUT2D eigenvalue weighted by molar-refractivity contribution is 6.07. The smallest absolute Gasteiger partial charge is 0.0519 e. The molecular formula is C17H21N3. The predicted molar refractivity (Wildman–Crippen MR) is 84.8 cm³/mol. The molecule has 0 aliphatic carbocycles. The van der Waals surface area contributed by atoms with Crippen LogP contribution in [0.4, 0.5) is 0 Å². The molecule has 2 aromatic heterocycles. The SMILES string of the molecule is Cn1c2ccncc2c2cc(CC(C)(C)CN)ccc21. The minimum atomic E-state index is 0.135. The van der Waals surface area contributed by atoms with Gasteiger partial charge in [-0.15, -0.1) is 0 Å². The normalized spacial score (nSPS) is 12.4. The number of benzene rings is 1. The highest BCUT2D eigenvalue weighted by atomic mass is 14.9. The van der Waals surface area contributed by atoms with E-state index in [1.54, 1.807) is 0 Å². The van der Waals surface area contributed by atoms with Crippen LogP contribution in [-0.4, -0.2) is 16.1 Å². The van der Waals surface area contributed by atoms with E-state index < -0.39 is 0 Å². The lowest BCUT2D eigenvalue weighted by Crippen LogP contribution is -2.25. The summed E-state index contributed by atoms with van der Waals surface area (Å²) >= 11 is 0. The number of hydrogen-bond acceptors (Lipinski definition) is 2. The van der Waals surface area contributed by atoms with Gasteiger partial charge in [-0.3, -0.25) is 4.98 Å². The summed E-state index contributed by atoms with van der Waals surface area (Å²) < 4.78 is 2.23. The monoisotopic (exact) mass is 267 g/mol. The van der Waals surface area contributed by atoms with E-state index in [0.29, 0.717) is 6.54 Å². The van der Waals surface area contributed by atoms with Crippen molar-refractivity contribution in [3.8, 4) is 0 Å². The van der Waals surface area contributed by atoms with Crippen molar-refractivity contribution in [2.45, 2.75) is 20.3 Å². The van der Waals surface area contributed by atoms with Crippen LogP contribution in [0.3, 0.4) is 0 Å². The number of hydrogen-bond donors (Lipinski definition) is 1. The van der Waals surface area contributed by atoms with Crippen LogP contribution >= 0.6 is 0 Å². The van der Waals surface area contributed by atoms with Crippen LogP contribution in [0.1, 0.15) is 19.4 Å². The summed E-state index contributed by atoms with van der Waals surface area (Å²) in [6, 6.07) is 8.78. The molecule has 3 heteroatoms. The van der Waals surface area contributed by atoms with Crippen LogP contribution in [-0.2, 0) is 13.5 Å². The van der Waals surface area contributed by atoms with Crippen LogP contribution in [0.15, 0.2) is 36.7 Å². The Morgan fingerprint density at radius 3 is 2.65 bits per heavy atom. The lowest BCUT2D eigenvalue weighted by molar-refractivity contribution is 0.377. The lowest BCUT2D eigenvalue weighted by atomic mass is 9.85. The largest absolute Gasteiger partial charge is 0.344 e. The van der Waals surface area contributed by atoms with Gasteiger partial charge in [0.25, 0.3) is 0 Å². The fourth-order valence-corrected chi connectivity index (χ4v) is 2.84. The second-order valence-corrected chi connectivity index (χ2v) is 6.35. The Labute approximate surface area is 119 Å². The molecule has 0 saturated heterocycles. The first-order chi connectivity index (χ1) is 9.52. The Morgan fingerprint density at radius 2 is 1.90 bits per heavy atom. The van der Waals surface area contributed by atoms with E-state index in [9.17, 15) is 0 Å². The first kappa shape index (κ1) is 13.1. The Bertz CT molecular complexity index is 768. The third kappa shape index (κ3) is 2.08. The molecule has 0 atom stereocenters. The van der Waals surface area contributed by atoms with Crippen molar-refractivity contribution in [1.82, 2.24) is 9.55 Å². The second-order valence-electron chi connectivity index (χ2n) is 6.35. The summed E-state index contributed by atoms with van der Waals surface area (Å²) in [7, 11) is 2.11. The number of aromatic nitrogens is 2. The molecule has 3 aromatic rings. The molecule has 0 aliphatic heterocycles. The Kier molecular flexibility index (Phi) is 3.02. The molecule has 0 bridgehead atoms. The maximum absolute atomic E-state index is 5.85. The van der Waals surface area contributed by atoms with Gasteiger partial charge in [0.2, 0.25) is 0 Å². The number of rotatable bonds is 3. The first-order valence-corrected chi connectivity index (χ1v) is 7.03. The van der Waals surface area contributed by atoms with Gasteiger partial charge in [0.15, 0.2) is 0 Å². The molecule has 0 fully saturated rings. The van der Waals surface area contributed by atoms with Gasteiger partial charge in [0, 0.05) is 35.7 Å². The average molecular weight is 267 g/mol. The number of fused-ring (bicyclic) bond motifs is 3. The molecule has 0 aliphatic rings. The second kappa shape index (κ2) is 4.60. The summed E-state index contributed by atoms with van der Waals surface area (Å²) in [5.74, 6) is 0. The summed E-state index contributed by atoms with van der Waals surface area (Å²) in [6.45, 7) is 5.12. The van der Waals surface area contributed by atoms with Crippen molar-refractivity contribution < 1.29 is 0 Å². The average Bonchev–Trinajstić information content (AvgIpc) is 2.72. The molecule has 0 amide bonds. The quantitative estimate of drug-likeness (QED) is 0.791. The topological polar surface area (TPSA) is 43.8 Å². The van der Waals surface area contributed by atoms with Crippen molar-refractivity contribution in [1.29, 1.82) is 0 Å². The van der Waals surface area contributed by atoms with Gasteiger partial charge in [-0.1, -0.05) is 19.9 Å². The fraction of sp³-hybridized carbons (Fsp3) is 0.353. The maximum atomic E-state index is 5.85. The van der Waals surface area contributed by atoms with Gasteiger partial charge >= 0.3 is 0 Å². The molecule has 2 N–H and O–H groups in total. The summed E-state index contributed by atoms with van der Waals surface area (Å²) in [6.07, 6.45) is 4.80. The van der Waals surface area contributed by atoms with Crippen molar-refractivity contribution >= 4 is 21.8 Å². The van der Waals surface area contributed by atoms with Gasteiger partial charge in [0.05, 0.1) is 5.52 Å². The zero-order chi connectivity index (χ0) is 14.3. The molecule has 0 saturated carbocycles. The fourth-order valence-electron chi connectivity index (χ4n) is 2.84. The molecular weight excluding hydrogens is 246 g/mol. The van der Waals surface area contributed by atoms with Crippen molar-refractivity contribution in [3.63, 3.8) is 0 Å². The number of aryl methyl sites for hydroxylation is 1. The van der Waals surface area contributed by atoms with E-state index in [2.05, 4.69) is 54.7 Å². The third-order valence-electron chi connectivity index (χ3n) is 4.11. The van der Waals surface area contributed by atoms with Crippen molar-refractivity contribution in [2.24, 2.45) is 18.2 Å². The summed E-state index contributed by atoms with van der Waals surface area (Å²) in [5.41, 5.74) is 9.80. The molecule has 0 spiro atoms. The van der Waals surface area contributed by atoms with Crippen LogP contribution in [0, 0.1) is 5.41 Å². The van der Waals surface area contributed by atoms with Gasteiger partial charge < -0.3 is 10.3 Å². The third-order valence-corrected chi connectivity index (χ3v) is 4.11. The van der Waals surface area contributed by atoms with E-state index in [0.717, 1.165) is 6.42 Å². The van der Waals surface area contributed by atoms with E-state index in [1.165, 1.54) is 27.4 Å². The standard InChI is InChI=1S/C17H21N3/c1-17(2,11-18)9-12-4-5-15-13(8-12)14-10-19-7-6-16(14)20(15)3/h4-8,10H,9,11,18H2,1-3H3. The molecule has 0 unspecified atom stereocenters. The predicted octanol–water partition coefficient (Wildman–Crippen LogP) is 3.25. The molecule has 0 radical (unpaired) electrons. The van der Waals surface area contributed by atoms with Crippen LogP contribution in [0.25, 0.3) is 21.8 Å². The summed E-state index contributed by atoms with van der Waals surface area (Å²) in [5, 5.41) is 2.50. The molecule has 3 nitrogen and oxygen atoms in total. The minimum Gasteiger partial charge on any atom is -0.344 e. The van der Waals surface area contributed by atoms with E-state index in [4.69, 9.17) is 5.73 Å². The van der Waals surface area contributed by atoms with Gasteiger partial charge in [-0.25, -0.2) is 0 Å². The van der Waals surface area contributed by atoms with Crippen molar-refractivity contribution in [2.75, 3.05) is 6.54 Å². The highest BCUT2D eigenvalue weighted by Gasteiger charge is 2.17. The maximum Gasteiger partial charge on any atom is 0.0519 e. The van der Waals surface area contributed by atoms with Gasteiger partial charge in [-0.05, 0) is 42.1 Å². The van der Waals surface area contributed by atoms with Crippen LogP contribution < -0.4 is 5.73 Å². The summed E-state index contributed by atoms with van der Waals surface area (Å²) in [4.78, 5) is 4.26. The number of nitrogens with zero attached hydrogens (tertiary/aromatic N) is 2. The Morgan fingerprint density at radius 1 is 1.15 bits per heavy atom. The molecule has 1 aromatic carbocycles. The van der Waals surface area contributed by atoms with Gasteiger partial charge in [0.1, 0.15) is 0 Å². The van der Waals surface area contributed by atoms with Crippen LogP contribution in [0.5, 0.6) is 0 Å². The Balaban J connectivity index is 2.18. The van der Waals surface area contributed by atoms with E-state index >= 15 is 0 Å². The molecule has 2 heterocycles. The molecule has 3 rings (SSSR count). The highest BCUT2D eigenvalue weighted by Crippen LogP contribution is 2.30. The Hall–Kier alpha value is -1.87. The number of pyridine rings is 1. The minimum absolute atomic E-state index is 0.135. The number of nitrogens with two attached hydrogens (primary N) is 1. The van der Waals surface area contributed by atoms with Crippen molar-refractivity contribution in [3.05, 3.63) is 42.2 Å². The lowest BCUT2D eigenvalue weighted by Gasteiger charge is -2.22. The van der Waals surface area contributed by atoms with Crippen LogP contribution in [0.2, 0.25) is 0 Å². The zero-order valence-electron chi connectivity index (χ0n) is 12.4. The van der Waals surface area contributed by atoms with Gasteiger partial charge in [-0.2, -0.15) is 0 Å². The zero-order valence-corrected chi connectivity index (χ0v) is 12.4. The van der Waals surface area contributed by atoms with E-state index in [-0.39, 0.29) is 5.41 Å². The van der Waals surface area contributed by atoms with E-state index in [1.807, 2.05) is 12.4 Å². The molecule has 20 heavy (non-hydrogen) atoms. The molecule has 104 valence electrons. The first-order valence-electron chi connectivity index (χ1n) is 7.03.